The third-order valence-electron chi connectivity index (χ3n) is 6.96. The van der Waals surface area contributed by atoms with Gasteiger partial charge < -0.3 is 24.3 Å². The molecule has 0 bridgehead atoms. The number of sulfone groups is 1. The van der Waals surface area contributed by atoms with E-state index >= 15 is 0 Å². The zero-order valence-corrected chi connectivity index (χ0v) is 21.8. The summed E-state index contributed by atoms with van der Waals surface area (Å²) < 4.78 is 50.1. The number of halogens is 1. The molecule has 0 saturated carbocycles. The van der Waals surface area contributed by atoms with E-state index in [0.717, 1.165) is 54.9 Å². The van der Waals surface area contributed by atoms with E-state index in [0.29, 0.717) is 36.6 Å². The predicted molar refractivity (Wildman–Crippen MR) is 142 cm³/mol. The number of nitrogens with zero attached hydrogens (tertiary/aromatic N) is 5. The molecule has 1 fully saturated rings. The average Bonchev–Trinajstić information content (AvgIpc) is 3.32. The van der Waals surface area contributed by atoms with Crippen molar-refractivity contribution in [1.29, 1.82) is 0 Å². The zero-order chi connectivity index (χ0) is 26.4. The molecule has 0 radical (unpaired) electrons. The molecular weight excluding hydrogens is 511 g/mol. The van der Waals surface area contributed by atoms with Crippen LogP contribution in [-0.4, -0.2) is 61.9 Å². The number of aryl methyl sites for hydroxylation is 1. The lowest BCUT2D eigenvalue weighted by molar-refractivity contribution is 0.290. The van der Waals surface area contributed by atoms with Gasteiger partial charge in [0.1, 0.15) is 24.3 Å². The van der Waals surface area contributed by atoms with Gasteiger partial charge in [-0.2, -0.15) is 4.98 Å². The van der Waals surface area contributed by atoms with E-state index in [1.165, 1.54) is 18.5 Å². The van der Waals surface area contributed by atoms with Crippen LogP contribution in [0.25, 0.3) is 11.1 Å². The summed E-state index contributed by atoms with van der Waals surface area (Å²) in [5.74, 6) is 0.722. The number of aromatic nitrogens is 3. The number of piperidine rings is 1. The van der Waals surface area contributed by atoms with Crippen LogP contribution in [0.5, 0.6) is 5.75 Å². The van der Waals surface area contributed by atoms with Crippen LogP contribution in [-0.2, 0) is 9.84 Å². The lowest BCUT2D eigenvalue weighted by atomic mass is 10.0. The van der Waals surface area contributed by atoms with Crippen molar-refractivity contribution in [3.05, 3.63) is 54.1 Å². The highest BCUT2D eigenvalue weighted by Crippen LogP contribution is 2.39. The van der Waals surface area contributed by atoms with Gasteiger partial charge in [-0.05, 0) is 55.7 Å². The molecule has 1 saturated heterocycles. The molecule has 2 aromatic heterocycles. The van der Waals surface area contributed by atoms with Crippen LogP contribution in [0.4, 0.5) is 27.7 Å². The molecule has 2 aliphatic rings. The van der Waals surface area contributed by atoms with Crippen LogP contribution in [0.2, 0.25) is 0 Å². The van der Waals surface area contributed by atoms with Gasteiger partial charge in [0.05, 0.1) is 17.1 Å². The minimum atomic E-state index is -3.52. The molecule has 4 heterocycles. The molecule has 0 aliphatic carbocycles. The maximum absolute atomic E-state index is 14.7. The maximum Gasteiger partial charge on any atom is 0.298 e. The molecule has 0 unspecified atom stereocenters. The second-order valence-corrected chi connectivity index (χ2v) is 11.7. The van der Waals surface area contributed by atoms with E-state index < -0.39 is 15.7 Å². The Hall–Kier alpha value is -3.93. The number of nitrogens with one attached hydrogen (secondary N) is 1. The van der Waals surface area contributed by atoms with Crippen molar-refractivity contribution < 1.29 is 22.0 Å². The summed E-state index contributed by atoms with van der Waals surface area (Å²) in [6, 6.07) is 10.6. The van der Waals surface area contributed by atoms with Gasteiger partial charge in [-0.1, -0.05) is 6.07 Å². The fraction of sp³-hybridized carbons (Fsp3) is 0.346. The Balaban J connectivity index is 1.19. The fourth-order valence-corrected chi connectivity index (χ4v) is 5.62. The molecule has 12 heteroatoms. The van der Waals surface area contributed by atoms with Crippen molar-refractivity contribution in [2.24, 2.45) is 0 Å². The van der Waals surface area contributed by atoms with Gasteiger partial charge in [0, 0.05) is 25.4 Å². The molecule has 2 aliphatic heterocycles. The first kappa shape index (κ1) is 24.4. The fourth-order valence-electron chi connectivity index (χ4n) is 4.98. The molecule has 38 heavy (non-hydrogen) atoms. The second-order valence-electron chi connectivity index (χ2n) is 9.64. The van der Waals surface area contributed by atoms with E-state index in [9.17, 15) is 12.8 Å². The lowest BCUT2D eigenvalue weighted by Crippen LogP contribution is -2.48. The van der Waals surface area contributed by atoms with Crippen molar-refractivity contribution in [1.82, 2.24) is 15.0 Å². The normalized spacial score (nSPS) is 16.4. The third kappa shape index (κ3) is 4.60. The Labute approximate surface area is 219 Å². The van der Waals surface area contributed by atoms with Crippen LogP contribution in [0.1, 0.15) is 18.4 Å². The van der Waals surface area contributed by atoms with Gasteiger partial charge in [-0.25, -0.2) is 22.8 Å². The lowest BCUT2D eigenvalue weighted by Gasteiger charge is -2.41. The zero-order valence-electron chi connectivity index (χ0n) is 21.0. The molecule has 6 rings (SSSR count). The van der Waals surface area contributed by atoms with Crippen molar-refractivity contribution in [3.63, 3.8) is 0 Å². The summed E-state index contributed by atoms with van der Waals surface area (Å²) in [6.45, 7) is 4.73. The van der Waals surface area contributed by atoms with Gasteiger partial charge >= 0.3 is 0 Å². The summed E-state index contributed by atoms with van der Waals surface area (Å²) in [7, 11) is -3.52. The summed E-state index contributed by atoms with van der Waals surface area (Å²) in [6.07, 6.45) is 4.22. The minimum Gasteiger partial charge on any atom is -0.485 e. The number of anilines is 4. The Bertz CT molecular complexity index is 1620. The van der Waals surface area contributed by atoms with Crippen molar-refractivity contribution >= 4 is 44.3 Å². The Morgan fingerprint density at radius 3 is 2.66 bits per heavy atom. The van der Waals surface area contributed by atoms with Crippen LogP contribution in [0.3, 0.4) is 0 Å². The van der Waals surface area contributed by atoms with Crippen molar-refractivity contribution in [2.75, 3.05) is 47.6 Å². The summed E-state index contributed by atoms with van der Waals surface area (Å²) in [5, 5.41) is 2.95. The highest BCUT2D eigenvalue weighted by Gasteiger charge is 2.32. The van der Waals surface area contributed by atoms with Crippen LogP contribution >= 0.6 is 0 Å². The van der Waals surface area contributed by atoms with Crippen molar-refractivity contribution in [2.45, 2.75) is 30.7 Å². The molecule has 198 valence electrons. The number of rotatable bonds is 5. The molecule has 0 atom stereocenters. The average molecular weight is 539 g/mol. The summed E-state index contributed by atoms with van der Waals surface area (Å²) in [4.78, 5) is 17.7. The highest BCUT2D eigenvalue weighted by molar-refractivity contribution is 7.90. The molecular formula is C26H27FN6O4S. The number of benzene rings is 2. The topological polar surface area (TPSA) is 114 Å². The van der Waals surface area contributed by atoms with Crippen LogP contribution < -0.4 is 19.9 Å². The highest BCUT2D eigenvalue weighted by atomic mass is 32.2. The standard InChI is InChI=1S/C26H27FN6O4S/c1-16-3-6-22-21(13-16)31-26(37-22)32-9-7-17(8-10-32)33-11-12-36-23-24(28-15-29-25(23)33)30-20-5-4-18(14-19(20)27)38(2,34)35/h3-6,13-15,17H,7-12H2,1-2H3,(H,28,29,30). The quantitative estimate of drug-likeness (QED) is 0.399. The monoisotopic (exact) mass is 538 g/mol. The van der Waals surface area contributed by atoms with Gasteiger partial charge in [0.15, 0.2) is 27.1 Å². The molecule has 10 nitrogen and oxygen atoms in total. The first-order valence-electron chi connectivity index (χ1n) is 12.4. The smallest absolute Gasteiger partial charge is 0.298 e. The molecule has 0 amide bonds. The Kier molecular flexibility index (Phi) is 6.05. The molecule has 4 aromatic rings. The van der Waals surface area contributed by atoms with Gasteiger partial charge in [-0.15, -0.1) is 0 Å². The number of oxazole rings is 1. The Morgan fingerprint density at radius 1 is 1.08 bits per heavy atom. The number of fused-ring (bicyclic) bond motifs is 2. The maximum atomic E-state index is 14.7. The number of hydrogen-bond acceptors (Lipinski definition) is 10. The van der Waals surface area contributed by atoms with E-state index in [4.69, 9.17) is 9.15 Å². The van der Waals surface area contributed by atoms with Gasteiger partial charge in [0.2, 0.25) is 5.75 Å². The van der Waals surface area contributed by atoms with E-state index in [1.807, 2.05) is 25.1 Å². The molecule has 2 aromatic carbocycles. The van der Waals surface area contributed by atoms with Gasteiger partial charge in [0.25, 0.3) is 6.01 Å². The summed E-state index contributed by atoms with van der Waals surface area (Å²) >= 11 is 0. The first-order valence-corrected chi connectivity index (χ1v) is 14.3. The first-order chi connectivity index (χ1) is 18.3. The summed E-state index contributed by atoms with van der Waals surface area (Å²) in [5.41, 5.74) is 2.89. The third-order valence-corrected chi connectivity index (χ3v) is 8.08. The Morgan fingerprint density at radius 2 is 1.89 bits per heavy atom. The SMILES string of the molecule is Cc1ccc2oc(N3CCC(N4CCOc5c(Nc6ccc(S(C)(=O)=O)cc6F)ncnc54)CC3)nc2c1. The largest absolute Gasteiger partial charge is 0.485 e. The van der Waals surface area contributed by atoms with E-state index in [1.54, 1.807) is 0 Å². The number of hydrogen-bond donors (Lipinski definition) is 1. The van der Waals surface area contributed by atoms with Crippen molar-refractivity contribution in [3.8, 4) is 5.75 Å². The van der Waals surface area contributed by atoms with Crippen LogP contribution in [0, 0.1) is 12.7 Å². The predicted octanol–water partition coefficient (Wildman–Crippen LogP) is 4.08. The van der Waals surface area contributed by atoms with Gasteiger partial charge in [-0.3, -0.25) is 0 Å². The van der Waals surface area contributed by atoms with E-state index in [-0.39, 0.29) is 16.6 Å². The second kappa shape index (κ2) is 9.43. The minimum absolute atomic E-state index is 0.0907. The van der Waals surface area contributed by atoms with Crippen LogP contribution in [0.15, 0.2) is 52.0 Å². The number of ether oxygens (including phenoxy) is 1. The molecule has 1 N–H and O–H groups in total. The molecule has 0 spiro atoms. The van der Waals surface area contributed by atoms with E-state index in [2.05, 4.69) is 30.1 Å².